The lowest BCUT2D eigenvalue weighted by Gasteiger charge is -2.15. The van der Waals surface area contributed by atoms with Crippen LogP contribution in [0.1, 0.15) is 36.5 Å². The topological polar surface area (TPSA) is 72.5 Å². The van der Waals surface area contributed by atoms with Crippen molar-refractivity contribution in [1.29, 1.82) is 0 Å². The predicted octanol–water partition coefficient (Wildman–Crippen LogP) is 1.72. The van der Waals surface area contributed by atoms with Crippen LogP contribution in [0.25, 0.3) is 0 Å². The average molecular weight is 277 g/mol. The molecule has 0 spiro atoms. The SMILES string of the molecule is CCCC(NC(=O)CC(=O)c1ccccc1)C(=O)OC. The maximum absolute atomic E-state index is 11.9. The number of carbonyl (C=O) groups is 3. The fourth-order valence-corrected chi connectivity index (χ4v) is 1.80. The van der Waals surface area contributed by atoms with E-state index in [0.717, 1.165) is 6.42 Å². The Morgan fingerprint density at radius 1 is 1.20 bits per heavy atom. The van der Waals surface area contributed by atoms with E-state index in [-0.39, 0.29) is 12.2 Å². The first-order chi connectivity index (χ1) is 9.58. The molecule has 0 fully saturated rings. The molecule has 0 radical (unpaired) electrons. The lowest BCUT2D eigenvalue weighted by molar-refractivity contribution is -0.145. The quantitative estimate of drug-likeness (QED) is 0.468. The summed E-state index contributed by atoms with van der Waals surface area (Å²) in [5.41, 5.74) is 0.479. The number of hydrogen-bond acceptors (Lipinski definition) is 4. The molecule has 0 saturated heterocycles. The van der Waals surface area contributed by atoms with Gasteiger partial charge in [-0.3, -0.25) is 9.59 Å². The van der Waals surface area contributed by atoms with E-state index >= 15 is 0 Å². The Hall–Kier alpha value is -2.17. The van der Waals surface area contributed by atoms with Gasteiger partial charge in [-0.2, -0.15) is 0 Å². The predicted molar refractivity (Wildman–Crippen MR) is 74.2 cm³/mol. The molecule has 0 heterocycles. The number of esters is 1. The van der Waals surface area contributed by atoms with Gasteiger partial charge in [-0.15, -0.1) is 0 Å². The fourth-order valence-electron chi connectivity index (χ4n) is 1.80. The van der Waals surface area contributed by atoms with Crippen LogP contribution in [0.4, 0.5) is 0 Å². The van der Waals surface area contributed by atoms with Crippen LogP contribution in [0.5, 0.6) is 0 Å². The molecule has 1 amide bonds. The summed E-state index contributed by atoms with van der Waals surface area (Å²) in [6, 6.07) is 7.88. The minimum atomic E-state index is -0.693. The van der Waals surface area contributed by atoms with Crippen LogP contribution < -0.4 is 5.32 Å². The molecular formula is C15H19NO4. The van der Waals surface area contributed by atoms with Crippen LogP contribution in [-0.2, 0) is 14.3 Å². The number of ether oxygens (including phenoxy) is 1. The van der Waals surface area contributed by atoms with Gasteiger partial charge in [0.1, 0.15) is 6.04 Å². The standard InChI is InChI=1S/C15H19NO4/c1-3-7-12(15(19)20-2)16-14(18)10-13(17)11-8-5-4-6-9-11/h4-6,8-9,12H,3,7,10H2,1-2H3,(H,16,18). The number of methoxy groups -OCH3 is 1. The number of hydrogen-bond donors (Lipinski definition) is 1. The molecule has 0 aliphatic carbocycles. The maximum atomic E-state index is 11.9. The van der Waals surface area contributed by atoms with E-state index in [1.54, 1.807) is 30.3 Å². The second-order valence-corrected chi connectivity index (χ2v) is 4.40. The second kappa shape index (κ2) is 8.09. The van der Waals surface area contributed by atoms with Crippen LogP contribution in [0.3, 0.4) is 0 Å². The smallest absolute Gasteiger partial charge is 0.328 e. The van der Waals surface area contributed by atoms with E-state index in [2.05, 4.69) is 10.1 Å². The van der Waals surface area contributed by atoms with E-state index in [4.69, 9.17) is 0 Å². The summed E-state index contributed by atoms with van der Waals surface area (Å²) in [6.07, 6.45) is 0.936. The van der Waals surface area contributed by atoms with Crippen LogP contribution in [-0.4, -0.2) is 30.8 Å². The van der Waals surface area contributed by atoms with Crippen molar-refractivity contribution in [2.75, 3.05) is 7.11 Å². The van der Waals surface area contributed by atoms with E-state index in [1.165, 1.54) is 7.11 Å². The third-order valence-electron chi connectivity index (χ3n) is 2.82. The van der Waals surface area contributed by atoms with Crippen molar-refractivity contribution < 1.29 is 19.1 Å². The normalized spacial score (nSPS) is 11.5. The van der Waals surface area contributed by atoms with Crippen LogP contribution in [0.15, 0.2) is 30.3 Å². The van der Waals surface area contributed by atoms with E-state index in [9.17, 15) is 14.4 Å². The van der Waals surface area contributed by atoms with Crippen molar-refractivity contribution in [2.24, 2.45) is 0 Å². The number of benzene rings is 1. The summed E-state index contributed by atoms with van der Waals surface area (Å²) in [4.78, 5) is 35.1. The van der Waals surface area contributed by atoms with Gasteiger partial charge in [-0.05, 0) is 6.42 Å². The third-order valence-corrected chi connectivity index (χ3v) is 2.82. The zero-order valence-corrected chi connectivity index (χ0v) is 11.7. The van der Waals surface area contributed by atoms with Gasteiger partial charge in [0.2, 0.25) is 5.91 Å². The van der Waals surface area contributed by atoms with Crippen LogP contribution >= 0.6 is 0 Å². The van der Waals surface area contributed by atoms with Gasteiger partial charge < -0.3 is 10.1 Å². The lowest BCUT2D eigenvalue weighted by Crippen LogP contribution is -2.42. The van der Waals surface area contributed by atoms with E-state index in [1.807, 2.05) is 6.92 Å². The number of amides is 1. The Balaban J connectivity index is 2.57. The molecule has 5 nitrogen and oxygen atoms in total. The van der Waals surface area contributed by atoms with Crippen LogP contribution in [0.2, 0.25) is 0 Å². The number of rotatable bonds is 7. The Morgan fingerprint density at radius 2 is 1.85 bits per heavy atom. The molecule has 1 atom stereocenters. The van der Waals surface area contributed by atoms with Crippen molar-refractivity contribution >= 4 is 17.7 Å². The van der Waals surface area contributed by atoms with Crippen molar-refractivity contribution in [3.05, 3.63) is 35.9 Å². The molecule has 5 heteroatoms. The molecule has 1 unspecified atom stereocenters. The Bertz CT molecular complexity index is 470. The van der Waals surface area contributed by atoms with Gasteiger partial charge in [0.15, 0.2) is 5.78 Å². The summed E-state index contributed by atoms with van der Waals surface area (Å²) >= 11 is 0. The van der Waals surface area contributed by atoms with E-state index in [0.29, 0.717) is 12.0 Å². The minimum absolute atomic E-state index is 0.275. The number of carbonyl (C=O) groups excluding carboxylic acids is 3. The Labute approximate surface area is 118 Å². The Morgan fingerprint density at radius 3 is 2.40 bits per heavy atom. The summed E-state index contributed by atoms with van der Waals surface area (Å²) < 4.78 is 4.62. The number of Topliss-reactive ketones (excluding diaryl/α,β-unsaturated/α-hetero) is 1. The summed E-state index contributed by atoms with van der Waals surface area (Å²) in [5.74, 6) is -1.24. The molecule has 1 rings (SSSR count). The molecule has 0 bridgehead atoms. The molecule has 1 aromatic carbocycles. The van der Waals surface area contributed by atoms with Crippen molar-refractivity contribution in [3.63, 3.8) is 0 Å². The molecule has 0 aliphatic heterocycles. The van der Waals surface area contributed by atoms with Crippen molar-refractivity contribution in [3.8, 4) is 0 Å². The van der Waals surface area contributed by atoms with Gasteiger partial charge >= 0.3 is 5.97 Å². The van der Waals surface area contributed by atoms with Crippen molar-refractivity contribution in [1.82, 2.24) is 5.32 Å². The fraction of sp³-hybridized carbons (Fsp3) is 0.400. The summed E-state index contributed by atoms with van der Waals surface area (Å²) in [5, 5.41) is 2.53. The highest BCUT2D eigenvalue weighted by Crippen LogP contribution is 2.04. The van der Waals surface area contributed by atoms with Gasteiger partial charge in [0, 0.05) is 5.56 Å². The van der Waals surface area contributed by atoms with Gasteiger partial charge in [-0.25, -0.2) is 4.79 Å². The highest BCUT2D eigenvalue weighted by Gasteiger charge is 2.21. The molecule has 20 heavy (non-hydrogen) atoms. The second-order valence-electron chi connectivity index (χ2n) is 4.40. The minimum Gasteiger partial charge on any atom is -0.467 e. The molecule has 0 aromatic heterocycles. The molecule has 0 aliphatic rings. The summed E-state index contributed by atoms with van der Waals surface area (Å²) in [6.45, 7) is 1.90. The molecule has 1 N–H and O–H groups in total. The van der Waals surface area contributed by atoms with Gasteiger partial charge in [0.25, 0.3) is 0 Å². The van der Waals surface area contributed by atoms with Gasteiger partial charge in [-0.1, -0.05) is 43.7 Å². The molecule has 108 valence electrons. The maximum Gasteiger partial charge on any atom is 0.328 e. The highest BCUT2D eigenvalue weighted by atomic mass is 16.5. The lowest BCUT2D eigenvalue weighted by atomic mass is 10.1. The first-order valence-electron chi connectivity index (χ1n) is 6.54. The molecule has 0 saturated carbocycles. The average Bonchev–Trinajstić information content (AvgIpc) is 2.46. The largest absolute Gasteiger partial charge is 0.467 e. The first-order valence-corrected chi connectivity index (χ1v) is 6.54. The number of ketones is 1. The summed E-state index contributed by atoms with van der Waals surface area (Å²) in [7, 11) is 1.27. The molecular weight excluding hydrogens is 258 g/mol. The number of nitrogens with one attached hydrogen (secondary N) is 1. The van der Waals surface area contributed by atoms with Crippen molar-refractivity contribution in [2.45, 2.75) is 32.2 Å². The van der Waals surface area contributed by atoms with Crippen LogP contribution in [0, 0.1) is 0 Å². The zero-order chi connectivity index (χ0) is 15.0. The zero-order valence-electron chi connectivity index (χ0n) is 11.7. The third kappa shape index (κ3) is 4.84. The Kier molecular flexibility index (Phi) is 6.43. The van der Waals surface area contributed by atoms with Gasteiger partial charge in [0.05, 0.1) is 13.5 Å². The molecule has 1 aromatic rings. The first kappa shape index (κ1) is 15.9. The monoisotopic (exact) mass is 277 g/mol. The highest BCUT2D eigenvalue weighted by molar-refractivity contribution is 6.07. The van der Waals surface area contributed by atoms with E-state index < -0.39 is 17.9 Å².